The van der Waals surface area contributed by atoms with Crippen molar-refractivity contribution in [3.63, 3.8) is 0 Å². The lowest BCUT2D eigenvalue weighted by Gasteiger charge is -2.09. The van der Waals surface area contributed by atoms with Crippen LogP contribution in [0.2, 0.25) is 0 Å². The highest BCUT2D eigenvalue weighted by atomic mass is 32.2. The summed E-state index contributed by atoms with van der Waals surface area (Å²) >= 11 is 0. The molecule has 5 nitrogen and oxygen atoms in total. The van der Waals surface area contributed by atoms with Gasteiger partial charge in [-0.1, -0.05) is 6.07 Å². The smallest absolute Gasteiger partial charge is 0.179 e. The maximum Gasteiger partial charge on any atom is 0.179 e. The van der Waals surface area contributed by atoms with E-state index in [1.165, 1.54) is 0 Å². The molecule has 0 saturated heterocycles. The van der Waals surface area contributed by atoms with Crippen LogP contribution in [-0.2, 0) is 23.3 Å². The summed E-state index contributed by atoms with van der Waals surface area (Å²) < 4.78 is 26.5. The van der Waals surface area contributed by atoms with Crippen LogP contribution in [0.4, 0.5) is 5.69 Å². The normalized spacial score (nSPS) is 11.7. The second-order valence-electron chi connectivity index (χ2n) is 4.49. The van der Waals surface area contributed by atoms with Crippen molar-refractivity contribution in [1.82, 2.24) is 9.55 Å². The molecule has 2 rings (SSSR count). The molecule has 0 aliphatic heterocycles. The van der Waals surface area contributed by atoms with Gasteiger partial charge in [0.05, 0.1) is 10.6 Å². The second kappa shape index (κ2) is 5.05. The zero-order valence-electron chi connectivity index (χ0n) is 11.0. The first-order valence-electron chi connectivity index (χ1n) is 5.96. The molecule has 0 fully saturated rings. The van der Waals surface area contributed by atoms with Gasteiger partial charge >= 0.3 is 0 Å². The number of hydrogen-bond donors (Lipinski definition) is 1. The molecule has 0 radical (unpaired) electrons. The molecule has 102 valence electrons. The van der Waals surface area contributed by atoms with Crippen molar-refractivity contribution < 1.29 is 8.42 Å². The molecule has 0 saturated carbocycles. The summed E-state index contributed by atoms with van der Waals surface area (Å²) in [5.74, 6) is 0.785. The van der Waals surface area contributed by atoms with Crippen molar-refractivity contribution in [2.75, 3.05) is 11.5 Å². The molecule has 6 heteroatoms. The lowest BCUT2D eigenvalue weighted by molar-refractivity contribution is 0.593. The van der Waals surface area contributed by atoms with E-state index in [4.69, 9.17) is 5.73 Å². The second-order valence-corrected chi connectivity index (χ2v) is 6.57. The summed E-state index contributed by atoms with van der Waals surface area (Å²) in [7, 11) is -1.49. The molecule has 0 amide bonds. The molecule has 2 aromatic rings. The Morgan fingerprint density at radius 1 is 1.37 bits per heavy atom. The third-order valence-electron chi connectivity index (χ3n) is 3.18. The minimum absolute atomic E-state index is 0.0299. The van der Waals surface area contributed by atoms with Crippen LogP contribution in [-0.4, -0.2) is 23.7 Å². The van der Waals surface area contributed by atoms with Crippen molar-refractivity contribution in [1.29, 1.82) is 0 Å². The summed E-state index contributed by atoms with van der Waals surface area (Å²) in [5.41, 5.74) is 6.86. The third-order valence-corrected chi connectivity index (χ3v) is 5.03. The lowest BCUT2D eigenvalue weighted by Crippen LogP contribution is -2.13. The Balaban J connectivity index is 2.24. The predicted molar refractivity (Wildman–Crippen MR) is 74.6 cm³/mol. The standard InChI is InChI=1S/C13H17N3O2S/c1-10-11(14)4-3-5-12(10)19(17,18)9-6-13-15-7-8-16(13)2/h3-5,7-8H,6,9,14H2,1-2H3. The summed E-state index contributed by atoms with van der Waals surface area (Å²) in [6, 6.07) is 4.96. The highest BCUT2D eigenvalue weighted by molar-refractivity contribution is 7.91. The van der Waals surface area contributed by atoms with Crippen LogP contribution in [0.1, 0.15) is 11.4 Å². The van der Waals surface area contributed by atoms with Crippen molar-refractivity contribution in [3.8, 4) is 0 Å². The molecular formula is C13H17N3O2S. The van der Waals surface area contributed by atoms with Gasteiger partial charge < -0.3 is 10.3 Å². The molecule has 0 atom stereocenters. The molecular weight excluding hydrogens is 262 g/mol. The number of nitrogens with zero attached hydrogens (tertiary/aromatic N) is 2. The van der Waals surface area contributed by atoms with Gasteiger partial charge in [-0.2, -0.15) is 0 Å². The van der Waals surface area contributed by atoms with E-state index in [9.17, 15) is 8.42 Å². The molecule has 0 aliphatic carbocycles. The Labute approximate surface area is 113 Å². The van der Waals surface area contributed by atoms with Gasteiger partial charge in [-0.15, -0.1) is 0 Å². The molecule has 0 aliphatic rings. The first kappa shape index (κ1) is 13.6. The van der Waals surface area contributed by atoms with E-state index in [1.54, 1.807) is 37.5 Å². The van der Waals surface area contributed by atoms with Crippen molar-refractivity contribution in [3.05, 3.63) is 42.0 Å². The number of nitrogen functional groups attached to an aromatic ring is 1. The maximum atomic E-state index is 12.3. The largest absolute Gasteiger partial charge is 0.398 e. The fourth-order valence-corrected chi connectivity index (χ4v) is 3.48. The Morgan fingerprint density at radius 2 is 2.11 bits per heavy atom. The lowest BCUT2D eigenvalue weighted by atomic mass is 10.2. The minimum Gasteiger partial charge on any atom is -0.398 e. The SMILES string of the molecule is Cc1c(N)cccc1S(=O)(=O)CCc1nccn1C. The van der Waals surface area contributed by atoms with Gasteiger partial charge in [-0.25, -0.2) is 13.4 Å². The van der Waals surface area contributed by atoms with E-state index in [-0.39, 0.29) is 5.75 Å². The van der Waals surface area contributed by atoms with Crippen LogP contribution in [0, 0.1) is 6.92 Å². The highest BCUT2D eigenvalue weighted by Crippen LogP contribution is 2.22. The Kier molecular flexibility index (Phi) is 3.61. The summed E-state index contributed by atoms with van der Waals surface area (Å²) in [4.78, 5) is 4.43. The molecule has 1 aromatic carbocycles. The maximum absolute atomic E-state index is 12.3. The molecule has 1 heterocycles. The number of nitrogens with two attached hydrogens (primary N) is 1. The van der Waals surface area contributed by atoms with E-state index in [1.807, 2.05) is 11.6 Å². The van der Waals surface area contributed by atoms with Crippen molar-refractivity contribution >= 4 is 15.5 Å². The number of imidazole rings is 1. The molecule has 0 bridgehead atoms. The van der Waals surface area contributed by atoms with Crippen LogP contribution in [0.5, 0.6) is 0 Å². The number of rotatable bonds is 4. The Hall–Kier alpha value is -1.82. The number of aromatic nitrogens is 2. The Morgan fingerprint density at radius 3 is 2.74 bits per heavy atom. The van der Waals surface area contributed by atoms with Crippen LogP contribution in [0.3, 0.4) is 0 Å². The number of anilines is 1. The fraction of sp³-hybridized carbons (Fsp3) is 0.308. The van der Waals surface area contributed by atoms with E-state index in [0.29, 0.717) is 22.6 Å². The van der Waals surface area contributed by atoms with Gasteiger partial charge in [0.15, 0.2) is 9.84 Å². The van der Waals surface area contributed by atoms with Gasteiger partial charge in [0, 0.05) is 31.5 Å². The molecule has 2 N–H and O–H groups in total. The van der Waals surface area contributed by atoms with Gasteiger partial charge in [-0.05, 0) is 24.6 Å². The predicted octanol–water partition coefficient (Wildman–Crippen LogP) is 1.33. The third kappa shape index (κ3) is 2.78. The average Bonchev–Trinajstić information content (AvgIpc) is 2.76. The number of hydrogen-bond acceptors (Lipinski definition) is 4. The van der Waals surface area contributed by atoms with E-state index in [0.717, 1.165) is 5.82 Å². The van der Waals surface area contributed by atoms with Gasteiger partial charge in [0.25, 0.3) is 0 Å². The fourth-order valence-electron chi connectivity index (χ4n) is 1.94. The van der Waals surface area contributed by atoms with Gasteiger partial charge in [0.1, 0.15) is 5.82 Å². The van der Waals surface area contributed by atoms with Gasteiger partial charge in [-0.3, -0.25) is 0 Å². The highest BCUT2D eigenvalue weighted by Gasteiger charge is 2.18. The van der Waals surface area contributed by atoms with Crippen LogP contribution in [0.15, 0.2) is 35.5 Å². The quantitative estimate of drug-likeness (QED) is 0.856. The summed E-state index contributed by atoms with van der Waals surface area (Å²) in [5, 5.41) is 0. The monoisotopic (exact) mass is 279 g/mol. The number of aryl methyl sites for hydroxylation is 2. The number of benzene rings is 1. The minimum atomic E-state index is -3.34. The molecule has 19 heavy (non-hydrogen) atoms. The summed E-state index contributed by atoms with van der Waals surface area (Å²) in [6.45, 7) is 1.73. The van der Waals surface area contributed by atoms with E-state index >= 15 is 0 Å². The zero-order chi connectivity index (χ0) is 14.0. The van der Waals surface area contributed by atoms with Crippen molar-refractivity contribution in [2.45, 2.75) is 18.2 Å². The molecule has 1 aromatic heterocycles. The van der Waals surface area contributed by atoms with E-state index < -0.39 is 9.84 Å². The van der Waals surface area contributed by atoms with Crippen LogP contribution in [0.25, 0.3) is 0 Å². The zero-order valence-corrected chi connectivity index (χ0v) is 11.8. The molecule has 0 unspecified atom stereocenters. The van der Waals surface area contributed by atoms with Crippen molar-refractivity contribution in [2.24, 2.45) is 7.05 Å². The van der Waals surface area contributed by atoms with Crippen LogP contribution < -0.4 is 5.73 Å². The Bertz CT molecular complexity index is 690. The average molecular weight is 279 g/mol. The first-order chi connectivity index (χ1) is 8.92. The number of sulfone groups is 1. The molecule has 0 spiro atoms. The first-order valence-corrected chi connectivity index (χ1v) is 7.61. The van der Waals surface area contributed by atoms with Crippen LogP contribution >= 0.6 is 0 Å². The van der Waals surface area contributed by atoms with E-state index in [2.05, 4.69) is 4.98 Å². The topological polar surface area (TPSA) is 78.0 Å². The summed E-state index contributed by atoms with van der Waals surface area (Å²) in [6.07, 6.45) is 3.85. The van der Waals surface area contributed by atoms with Gasteiger partial charge in [0.2, 0.25) is 0 Å².